The van der Waals surface area contributed by atoms with E-state index >= 15 is 0 Å². The van der Waals surface area contributed by atoms with Crippen LogP contribution in [0.5, 0.6) is 0 Å². The standard InChI is InChI=1S/C12H9ClN4O2S/c13-9-4-5-14-7-11(9)20(18,19)17-10-3-1-2-8-6-15-16-12(8)10/h1-7,17H,(H,15,16). The van der Waals surface area contributed by atoms with E-state index in [1.165, 1.54) is 18.5 Å². The maximum Gasteiger partial charge on any atom is 0.264 e. The number of aromatic nitrogens is 3. The Balaban J connectivity index is 2.06. The highest BCUT2D eigenvalue weighted by atomic mass is 35.5. The molecular weight excluding hydrogens is 300 g/mol. The Bertz CT molecular complexity index is 876. The first-order valence-corrected chi connectivity index (χ1v) is 7.48. The van der Waals surface area contributed by atoms with E-state index in [4.69, 9.17) is 11.6 Å². The maximum absolute atomic E-state index is 12.3. The highest BCUT2D eigenvalue weighted by Crippen LogP contribution is 2.26. The molecular formula is C12H9ClN4O2S. The summed E-state index contributed by atoms with van der Waals surface area (Å²) in [6, 6.07) is 6.63. The quantitative estimate of drug-likeness (QED) is 0.777. The van der Waals surface area contributed by atoms with E-state index in [0.717, 1.165) is 5.39 Å². The van der Waals surface area contributed by atoms with Crippen LogP contribution in [0.15, 0.2) is 47.8 Å². The fraction of sp³-hybridized carbons (Fsp3) is 0. The molecule has 0 unspecified atom stereocenters. The number of anilines is 1. The number of pyridine rings is 1. The molecule has 8 heteroatoms. The summed E-state index contributed by atoms with van der Waals surface area (Å²) in [6.45, 7) is 0. The van der Waals surface area contributed by atoms with Crippen LogP contribution in [-0.4, -0.2) is 23.6 Å². The van der Waals surface area contributed by atoms with E-state index in [1.807, 2.05) is 6.07 Å². The van der Waals surface area contributed by atoms with E-state index < -0.39 is 10.0 Å². The van der Waals surface area contributed by atoms with Crippen LogP contribution in [0.25, 0.3) is 10.9 Å². The van der Waals surface area contributed by atoms with Gasteiger partial charge in [-0.2, -0.15) is 5.10 Å². The number of nitrogens with zero attached hydrogens (tertiary/aromatic N) is 2. The molecule has 3 aromatic rings. The summed E-state index contributed by atoms with van der Waals surface area (Å²) < 4.78 is 27.1. The fourth-order valence-corrected chi connectivity index (χ4v) is 3.32. The van der Waals surface area contributed by atoms with Gasteiger partial charge < -0.3 is 0 Å². The van der Waals surface area contributed by atoms with E-state index in [2.05, 4.69) is 19.9 Å². The van der Waals surface area contributed by atoms with Gasteiger partial charge in [-0.3, -0.25) is 14.8 Å². The van der Waals surface area contributed by atoms with Crippen LogP contribution in [0.1, 0.15) is 0 Å². The highest BCUT2D eigenvalue weighted by Gasteiger charge is 2.19. The molecule has 0 bridgehead atoms. The summed E-state index contributed by atoms with van der Waals surface area (Å²) in [5.41, 5.74) is 1.01. The second-order valence-corrected chi connectivity index (χ2v) is 6.11. The van der Waals surface area contributed by atoms with Crippen molar-refractivity contribution in [2.75, 3.05) is 4.72 Å². The van der Waals surface area contributed by atoms with Crippen molar-refractivity contribution >= 4 is 38.2 Å². The maximum atomic E-state index is 12.3. The van der Waals surface area contributed by atoms with Gasteiger partial charge in [-0.15, -0.1) is 0 Å². The van der Waals surface area contributed by atoms with Gasteiger partial charge in [0.15, 0.2) is 0 Å². The van der Waals surface area contributed by atoms with Gasteiger partial charge in [0.1, 0.15) is 4.90 Å². The zero-order valence-electron chi connectivity index (χ0n) is 10.0. The molecule has 2 aromatic heterocycles. The number of aromatic amines is 1. The number of nitrogens with one attached hydrogen (secondary N) is 2. The van der Waals surface area contributed by atoms with Gasteiger partial charge in [-0.25, -0.2) is 8.42 Å². The van der Waals surface area contributed by atoms with Crippen LogP contribution < -0.4 is 4.72 Å². The van der Waals surface area contributed by atoms with Crippen LogP contribution in [-0.2, 0) is 10.0 Å². The summed E-state index contributed by atoms with van der Waals surface area (Å²) >= 11 is 5.89. The lowest BCUT2D eigenvalue weighted by molar-refractivity contribution is 0.601. The minimum absolute atomic E-state index is 0.0711. The number of halogens is 1. The Hall–Kier alpha value is -2.12. The molecule has 0 aliphatic carbocycles. The van der Waals surface area contributed by atoms with Crippen molar-refractivity contribution in [1.82, 2.24) is 15.2 Å². The molecule has 0 spiro atoms. The lowest BCUT2D eigenvalue weighted by atomic mass is 10.2. The Labute approximate surface area is 119 Å². The number of para-hydroxylation sites is 1. The van der Waals surface area contributed by atoms with Gasteiger partial charge in [-0.05, 0) is 12.1 Å². The van der Waals surface area contributed by atoms with Gasteiger partial charge in [0, 0.05) is 17.8 Å². The molecule has 20 heavy (non-hydrogen) atoms. The zero-order chi connectivity index (χ0) is 14.2. The minimum Gasteiger partial charge on any atom is -0.277 e. The Morgan fingerprint density at radius 2 is 2.05 bits per heavy atom. The number of hydrogen-bond acceptors (Lipinski definition) is 4. The summed E-state index contributed by atoms with van der Waals surface area (Å²) in [5.74, 6) is 0. The number of hydrogen-bond donors (Lipinski definition) is 2. The molecule has 0 aliphatic rings. The van der Waals surface area contributed by atoms with E-state index in [0.29, 0.717) is 11.2 Å². The zero-order valence-corrected chi connectivity index (χ0v) is 11.6. The summed E-state index contributed by atoms with van der Waals surface area (Å²) in [5, 5.41) is 7.56. The molecule has 0 saturated heterocycles. The predicted molar refractivity (Wildman–Crippen MR) is 76.1 cm³/mol. The lowest BCUT2D eigenvalue weighted by Gasteiger charge is -2.09. The van der Waals surface area contributed by atoms with Crippen LogP contribution in [0.4, 0.5) is 5.69 Å². The Morgan fingerprint density at radius 1 is 1.20 bits per heavy atom. The third-order valence-electron chi connectivity index (χ3n) is 2.74. The summed E-state index contributed by atoms with van der Waals surface area (Å²) in [4.78, 5) is 3.71. The average molecular weight is 309 g/mol. The molecule has 0 atom stereocenters. The second-order valence-electron chi connectivity index (χ2n) is 4.05. The fourth-order valence-electron chi connectivity index (χ4n) is 1.81. The predicted octanol–water partition coefficient (Wildman–Crippen LogP) is 2.41. The van der Waals surface area contributed by atoms with Crippen LogP contribution >= 0.6 is 11.6 Å². The van der Waals surface area contributed by atoms with Crippen molar-refractivity contribution in [3.05, 3.63) is 47.9 Å². The largest absolute Gasteiger partial charge is 0.277 e. The van der Waals surface area contributed by atoms with Crippen molar-refractivity contribution in [1.29, 1.82) is 0 Å². The second kappa shape index (κ2) is 4.77. The average Bonchev–Trinajstić information content (AvgIpc) is 2.88. The van der Waals surface area contributed by atoms with E-state index in [-0.39, 0.29) is 9.92 Å². The number of rotatable bonds is 3. The molecule has 2 N–H and O–H groups in total. The molecule has 2 heterocycles. The number of fused-ring (bicyclic) bond motifs is 1. The van der Waals surface area contributed by atoms with Crippen molar-refractivity contribution < 1.29 is 8.42 Å². The molecule has 0 aliphatic heterocycles. The Morgan fingerprint density at radius 3 is 2.85 bits per heavy atom. The SMILES string of the molecule is O=S(=O)(Nc1cccc2cn[nH]c12)c1cnccc1Cl. The number of H-pyrrole nitrogens is 1. The van der Waals surface area contributed by atoms with Crippen LogP contribution in [0.2, 0.25) is 5.02 Å². The molecule has 0 fully saturated rings. The number of sulfonamides is 1. The molecule has 102 valence electrons. The monoisotopic (exact) mass is 308 g/mol. The molecule has 0 saturated carbocycles. The van der Waals surface area contributed by atoms with Crippen LogP contribution in [0, 0.1) is 0 Å². The lowest BCUT2D eigenvalue weighted by Crippen LogP contribution is -2.14. The van der Waals surface area contributed by atoms with Gasteiger partial charge in [0.25, 0.3) is 10.0 Å². The first-order chi connectivity index (χ1) is 9.58. The first kappa shape index (κ1) is 12.9. The molecule has 6 nitrogen and oxygen atoms in total. The molecule has 0 amide bonds. The molecule has 0 radical (unpaired) electrons. The van der Waals surface area contributed by atoms with Crippen molar-refractivity contribution in [2.45, 2.75) is 4.90 Å². The first-order valence-electron chi connectivity index (χ1n) is 5.62. The topological polar surface area (TPSA) is 87.7 Å². The van der Waals surface area contributed by atoms with Crippen molar-refractivity contribution in [3.63, 3.8) is 0 Å². The van der Waals surface area contributed by atoms with E-state index in [1.54, 1.807) is 18.3 Å². The van der Waals surface area contributed by atoms with Crippen molar-refractivity contribution in [3.8, 4) is 0 Å². The highest BCUT2D eigenvalue weighted by molar-refractivity contribution is 7.92. The van der Waals surface area contributed by atoms with Gasteiger partial charge >= 0.3 is 0 Å². The number of benzene rings is 1. The normalized spacial score (nSPS) is 11.7. The molecule has 3 rings (SSSR count). The van der Waals surface area contributed by atoms with Gasteiger partial charge in [-0.1, -0.05) is 23.7 Å². The van der Waals surface area contributed by atoms with E-state index in [9.17, 15) is 8.42 Å². The Kier molecular flexibility index (Phi) is 3.07. The summed E-state index contributed by atoms with van der Waals surface area (Å²) in [6.07, 6.45) is 4.25. The molecule has 1 aromatic carbocycles. The third kappa shape index (κ3) is 2.21. The van der Waals surface area contributed by atoms with Crippen LogP contribution in [0.3, 0.4) is 0 Å². The van der Waals surface area contributed by atoms with Gasteiger partial charge in [0.2, 0.25) is 0 Å². The smallest absolute Gasteiger partial charge is 0.264 e. The summed E-state index contributed by atoms with van der Waals surface area (Å²) in [7, 11) is -3.81. The minimum atomic E-state index is -3.81. The van der Waals surface area contributed by atoms with Gasteiger partial charge in [0.05, 0.1) is 22.4 Å². The van der Waals surface area contributed by atoms with Crippen molar-refractivity contribution in [2.24, 2.45) is 0 Å². The third-order valence-corrected chi connectivity index (χ3v) is 4.58.